The Hall–Kier alpha value is -7.82. The molecule has 2 atom stereocenters. The molecule has 6 heterocycles. The molecule has 3 N–H and O–H groups in total. The number of aryl methyl sites for hydroxylation is 2. The van der Waals surface area contributed by atoms with Crippen molar-refractivity contribution in [3.63, 3.8) is 0 Å². The number of rotatable bonds is 8. The fourth-order valence-electron chi connectivity index (χ4n) is 10.1. The molecule has 2 unspecified atom stereocenters. The molecule has 4 aromatic carbocycles. The zero-order valence-electron chi connectivity index (χ0n) is 41.8. The highest BCUT2D eigenvalue weighted by atomic mass is 35.5. The van der Waals surface area contributed by atoms with Gasteiger partial charge in [0.2, 0.25) is 0 Å². The minimum Gasteiger partial charge on any atom is -0.507 e. The van der Waals surface area contributed by atoms with Crippen LogP contribution in [0.4, 0.5) is 16.2 Å². The molecule has 74 heavy (non-hydrogen) atoms. The number of aliphatic hydroxyl groups excluding tert-OH is 2. The number of Topliss-reactive ketones (excluding diaryl/α,β-unsaturated/α-hetero) is 2. The number of ketones is 2. The number of piperidine rings is 2. The first-order valence-electron chi connectivity index (χ1n) is 24.5. The molecule has 17 heteroatoms. The SMILES string of the molecule is Cc1ccc(C(O)=C2C(=O)C(=O)N(c3ccc(-c4ccon4)cc3)C2C2CCN(C(=O)OC(C)(C)C)CC2)cc1.Cc1ccc(C(O)=C2C(=O)C(=O)N(c3ccc(-c4ccon4)cc3)C2C2CCNCC2)cc1.Cl. The number of carbonyl (C=O) groups is 5. The highest BCUT2D eigenvalue weighted by molar-refractivity contribution is 6.52. The summed E-state index contributed by atoms with van der Waals surface area (Å²) in [5, 5.41) is 33.8. The van der Waals surface area contributed by atoms with Crippen LogP contribution in [0.15, 0.2) is 142 Å². The molecule has 0 spiro atoms. The van der Waals surface area contributed by atoms with Crippen LogP contribution >= 0.6 is 12.4 Å². The highest BCUT2D eigenvalue weighted by Gasteiger charge is 2.51. The first-order chi connectivity index (χ1) is 35.1. The molecule has 384 valence electrons. The number of amides is 3. The number of carbonyl (C=O) groups excluding carboxylic acids is 5. The molecule has 3 amide bonds. The lowest BCUT2D eigenvalue weighted by Crippen LogP contribution is -2.47. The third-order valence-corrected chi connectivity index (χ3v) is 13.8. The monoisotopic (exact) mass is 1020 g/mol. The van der Waals surface area contributed by atoms with Gasteiger partial charge < -0.3 is 34.2 Å². The molecule has 0 radical (unpaired) electrons. The van der Waals surface area contributed by atoms with Crippen LogP contribution in [-0.2, 0) is 23.9 Å². The van der Waals surface area contributed by atoms with Crippen LogP contribution in [0.2, 0.25) is 0 Å². The predicted molar refractivity (Wildman–Crippen MR) is 281 cm³/mol. The van der Waals surface area contributed by atoms with Crippen LogP contribution in [0, 0.1) is 25.7 Å². The number of benzene rings is 4. The molecule has 4 fully saturated rings. The van der Waals surface area contributed by atoms with Crippen LogP contribution in [0.3, 0.4) is 0 Å². The maximum Gasteiger partial charge on any atom is 0.410 e. The van der Waals surface area contributed by atoms with E-state index in [1.165, 1.54) is 17.4 Å². The summed E-state index contributed by atoms with van der Waals surface area (Å²) in [6.07, 6.45) is 5.28. The molecule has 16 nitrogen and oxygen atoms in total. The van der Waals surface area contributed by atoms with Crippen molar-refractivity contribution in [1.82, 2.24) is 20.5 Å². The van der Waals surface area contributed by atoms with Crippen molar-refractivity contribution in [3.8, 4) is 22.5 Å². The molecule has 0 aliphatic carbocycles. The number of nitrogens with one attached hydrogen (secondary N) is 1. The fraction of sp³-hybridized carbons (Fsp3) is 0.316. The fourth-order valence-corrected chi connectivity index (χ4v) is 10.1. The Labute approximate surface area is 435 Å². The lowest BCUT2D eigenvalue weighted by atomic mass is 9.84. The molecular formula is C57H59ClN6O10. The summed E-state index contributed by atoms with van der Waals surface area (Å²) < 4.78 is 15.4. The van der Waals surface area contributed by atoms with Gasteiger partial charge in [-0.25, -0.2) is 4.79 Å². The second kappa shape index (κ2) is 22.1. The van der Waals surface area contributed by atoms with Gasteiger partial charge in [0, 0.05) is 58.9 Å². The standard InChI is InChI=1S/C31H33N3O6.C26H25N3O4.ClH/c1-19-5-7-22(8-6-19)27(35)25-26(21-13-16-33(17-14-21)30(38)40-31(2,3)4)34(29(37)28(25)36)23-11-9-20(10-12-23)24-15-18-39-32-24;1-16-2-4-19(5-3-16)24(30)22-23(18-10-13-27-14-11-18)29(26(32)25(22)31)20-8-6-17(7-9-20)21-12-15-33-28-21;/h5-12,15,18,21,26,35H,13-14,16-17H2,1-4H3;2-9,12,15,18,23,27,30H,10-11,13-14H2,1H3;1H. The number of ether oxygens (including phenoxy) is 1. The van der Waals surface area contributed by atoms with E-state index in [-0.39, 0.29) is 53.0 Å². The van der Waals surface area contributed by atoms with E-state index in [1.54, 1.807) is 58.3 Å². The summed E-state index contributed by atoms with van der Waals surface area (Å²) in [6, 6.07) is 31.3. The van der Waals surface area contributed by atoms with Crippen LogP contribution < -0.4 is 15.1 Å². The average Bonchev–Trinajstić information content (AvgIpc) is 4.23. The van der Waals surface area contributed by atoms with Crippen molar-refractivity contribution in [2.75, 3.05) is 36.0 Å². The topological polar surface area (TPSA) is 209 Å². The second-order valence-corrected chi connectivity index (χ2v) is 19.9. The van der Waals surface area contributed by atoms with Gasteiger partial charge >= 0.3 is 6.09 Å². The van der Waals surface area contributed by atoms with Crippen LogP contribution in [0.5, 0.6) is 0 Å². The van der Waals surface area contributed by atoms with Gasteiger partial charge in [-0.05, 0) is 109 Å². The number of aromatic nitrogens is 2. The number of halogens is 1. The van der Waals surface area contributed by atoms with Gasteiger partial charge in [0.15, 0.2) is 0 Å². The summed E-state index contributed by atoms with van der Waals surface area (Å²) in [4.78, 5) is 70.9. The van der Waals surface area contributed by atoms with Crippen molar-refractivity contribution in [2.24, 2.45) is 11.8 Å². The Kier molecular flexibility index (Phi) is 15.7. The smallest absolute Gasteiger partial charge is 0.410 e. The van der Waals surface area contributed by atoms with Crippen molar-refractivity contribution in [2.45, 2.75) is 78.0 Å². The van der Waals surface area contributed by atoms with Gasteiger partial charge in [-0.1, -0.05) is 94.2 Å². The number of likely N-dealkylation sites (tertiary alicyclic amines) is 1. The largest absolute Gasteiger partial charge is 0.507 e. The highest BCUT2D eigenvalue weighted by Crippen LogP contribution is 2.42. The number of aliphatic hydroxyl groups is 2. The zero-order valence-corrected chi connectivity index (χ0v) is 42.6. The summed E-state index contributed by atoms with van der Waals surface area (Å²) >= 11 is 0. The Bertz CT molecular complexity index is 3040. The van der Waals surface area contributed by atoms with Crippen LogP contribution in [0.1, 0.15) is 68.7 Å². The van der Waals surface area contributed by atoms with E-state index in [2.05, 4.69) is 15.6 Å². The van der Waals surface area contributed by atoms with E-state index in [4.69, 9.17) is 13.8 Å². The first-order valence-corrected chi connectivity index (χ1v) is 24.5. The molecule has 6 aromatic rings. The minimum atomic E-state index is -0.724. The van der Waals surface area contributed by atoms with E-state index >= 15 is 0 Å². The summed E-state index contributed by atoms with van der Waals surface area (Å²) in [7, 11) is 0. The third-order valence-electron chi connectivity index (χ3n) is 13.8. The summed E-state index contributed by atoms with van der Waals surface area (Å²) in [6.45, 7) is 11.8. The maximum absolute atomic E-state index is 13.5. The average molecular weight is 1020 g/mol. The molecule has 4 saturated heterocycles. The number of hydrogen-bond donors (Lipinski definition) is 3. The summed E-state index contributed by atoms with van der Waals surface area (Å²) in [5.74, 6) is -3.09. The van der Waals surface area contributed by atoms with Crippen molar-refractivity contribution in [1.29, 1.82) is 0 Å². The Morgan fingerprint density at radius 2 is 0.986 bits per heavy atom. The first kappa shape index (κ1) is 52.5. The van der Waals surface area contributed by atoms with Gasteiger partial charge in [-0.3, -0.25) is 29.0 Å². The van der Waals surface area contributed by atoms with Crippen molar-refractivity contribution < 1.29 is 48.0 Å². The Morgan fingerprint density at radius 1 is 0.595 bits per heavy atom. The Morgan fingerprint density at radius 3 is 1.35 bits per heavy atom. The molecule has 4 aliphatic rings. The van der Waals surface area contributed by atoms with Crippen LogP contribution in [0.25, 0.3) is 34.0 Å². The number of hydrogen-bond acceptors (Lipinski definition) is 13. The molecule has 0 bridgehead atoms. The Balaban J connectivity index is 0.000000198. The second-order valence-electron chi connectivity index (χ2n) is 19.9. The van der Waals surface area contributed by atoms with E-state index in [9.17, 15) is 34.2 Å². The normalized spacial score (nSPS) is 20.0. The summed E-state index contributed by atoms with van der Waals surface area (Å²) in [5.41, 5.74) is 6.90. The molecular weight excluding hydrogens is 964 g/mol. The van der Waals surface area contributed by atoms with Gasteiger partial charge in [-0.2, -0.15) is 0 Å². The van der Waals surface area contributed by atoms with Gasteiger partial charge in [0.1, 0.15) is 41.0 Å². The van der Waals surface area contributed by atoms with Gasteiger partial charge in [0.25, 0.3) is 23.4 Å². The van der Waals surface area contributed by atoms with E-state index < -0.39 is 41.1 Å². The molecule has 10 rings (SSSR count). The van der Waals surface area contributed by atoms with E-state index in [0.717, 1.165) is 48.2 Å². The number of anilines is 2. The van der Waals surface area contributed by atoms with Gasteiger partial charge in [0.05, 0.1) is 23.2 Å². The lowest BCUT2D eigenvalue weighted by molar-refractivity contribution is -0.132. The maximum atomic E-state index is 13.5. The molecule has 4 aliphatic heterocycles. The predicted octanol–water partition coefficient (Wildman–Crippen LogP) is 9.88. The van der Waals surface area contributed by atoms with Crippen LogP contribution in [-0.4, -0.2) is 98.8 Å². The zero-order chi connectivity index (χ0) is 51.6. The van der Waals surface area contributed by atoms with Crippen molar-refractivity contribution in [3.05, 3.63) is 155 Å². The third kappa shape index (κ3) is 10.9. The quantitative estimate of drug-likeness (QED) is 0.0738. The minimum absolute atomic E-state index is 0. The van der Waals surface area contributed by atoms with E-state index in [1.807, 2.05) is 95.3 Å². The van der Waals surface area contributed by atoms with Crippen molar-refractivity contribution >= 4 is 64.8 Å². The molecule has 2 aromatic heterocycles. The van der Waals surface area contributed by atoms with Gasteiger partial charge in [-0.15, -0.1) is 12.4 Å². The van der Waals surface area contributed by atoms with E-state index in [0.29, 0.717) is 59.8 Å². The number of nitrogens with zero attached hydrogens (tertiary/aromatic N) is 5. The molecule has 0 saturated carbocycles. The lowest BCUT2D eigenvalue weighted by Gasteiger charge is -2.38.